The molecule has 166 valence electrons. The fourth-order valence-corrected chi connectivity index (χ4v) is 4.48. The molecule has 1 amide bonds. The molecule has 2 aromatic heterocycles. The SMILES string of the molecule is CCCCn1c2ccccc2c2cc(/C=N/NC3=c4ccccc4=NC3=O)nc(C(C)C)c21. The minimum atomic E-state index is -0.307. The van der Waals surface area contributed by atoms with Crippen LogP contribution in [0.25, 0.3) is 27.5 Å². The van der Waals surface area contributed by atoms with Gasteiger partial charge in [-0.05, 0) is 30.5 Å². The molecular formula is C27H27N5O. The first-order valence-corrected chi connectivity index (χ1v) is 11.5. The maximum atomic E-state index is 12.3. The number of carbonyl (C=O) groups excluding carboxylic acids is 1. The smallest absolute Gasteiger partial charge is 0.296 e. The zero-order valence-electron chi connectivity index (χ0n) is 19.2. The van der Waals surface area contributed by atoms with E-state index in [1.54, 1.807) is 6.21 Å². The molecule has 33 heavy (non-hydrogen) atoms. The number of unbranched alkanes of at least 4 members (excludes halogenated alkanes) is 1. The Morgan fingerprint density at radius 1 is 1.09 bits per heavy atom. The van der Waals surface area contributed by atoms with Gasteiger partial charge < -0.3 is 4.57 Å². The van der Waals surface area contributed by atoms with E-state index in [-0.39, 0.29) is 11.8 Å². The third-order valence-electron chi connectivity index (χ3n) is 6.06. The van der Waals surface area contributed by atoms with Gasteiger partial charge in [0.15, 0.2) is 0 Å². The van der Waals surface area contributed by atoms with Gasteiger partial charge in [0.2, 0.25) is 0 Å². The van der Waals surface area contributed by atoms with Crippen molar-refractivity contribution in [3.63, 3.8) is 0 Å². The molecule has 0 aliphatic carbocycles. The Morgan fingerprint density at radius 3 is 2.70 bits per heavy atom. The first-order valence-electron chi connectivity index (χ1n) is 11.5. The number of carbonyl (C=O) groups is 1. The van der Waals surface area contributed by atoms with Crippen LogP contribution >= 0.6 is 0 Å². The van der Waals surface area contributed by atoms with E-state index >= 15 is 0 Å². The molecule has 1 N–H and O–H groups in total. The van der Waals surface area contributed by atoms with Crippen LogP contribution in [-0.2, 0) is 11.3 Å². The van der Waals surface area contributed by atoms with E-state index in [1.165, 1.54) is 21.8 Å². The van der Waals surface area contributed by atoms with E-state index in [4.69, 9.17) is 4.98 Å². The lowest BCUT2D eigenvalue weighted by molar-refractivity contribution is -0.113. The number of benzene rings is 2. The highest BCUT2D eigenvalue weighted by Gasteiger charge is 2.18. The van der Waals surface area contributed by atoms with Gasteiger partial charge >= 0.3 is 0 Å². The normalized spacial score (nSPS) is 13.5. The largest absolute Gasteiger partial charge is 0.339 e. The number of rotatable bonds is 7. The Morgan fingerprint density at radius 2 is 1.88 bits per heavy atom. The first-order chi connectivity index (χ1) is 16.1. The summed E-state index contributed by atoms with van der Waals surface area (Å²) in [5.74, 6) is -0.0476. The van der Waals surface area contributed by atoms with E-state index in [1.807, 2.05) is 24.3 Å². The molecule has 0 fully saturated rings. The zero-order chi connectivity index (χ0) is 22.9. The quantitative estimate of drug-likeness (QED) is 0.351. The number of amides is 1. The number of pyridine rings is 1. The summed E-state index contributed by atoms with van der Waals surface area (Å²) in [4.78, 5) is 21.3. The highest BCUT2D eigenvalue weighted by molar-refractivity contribution is 6.14. The van der Waals surface area contributed by atoms with Gasteiger partial charge in [-0.2, -0.15) is 5.10 Å². The van der Waals surface area contributed by atoms with Crippen molar-refractivity contribution in [3.8, 4) is 0 Å². The lowest BCUT2D eigenvalue weighted by atomic mass is 10.0. The molecule has 2 aromatic carbocycles. The Hall–Kier alpha value is -3.80. The molecule has 4 aromatic rings. The number of nitrogens with zero attached hydrogens (tertiary/aromatic N) is 4. The number of hydrazone groups is 1. The third-order valence-corrected chi connectivity index (χ3v) is 6.06. The molecule has 0 saturated carbocycles. The van der Waals surface area contributed by atoms with Crippen LogP contribution in [0.4, 0.5) is 0 Å². The molecule has 0 radical (unpaired) electrons. The fraction of sp³-hybridized carbons (Fsp3) is 0.259. The van der Waals surface area contributed by atoms with Gasteiger partial charge in [0.1, 0.15) is 5.70 Å². The molecule has 0 spiro atoms. The van der Waals surface area contributed by atoms with Crippen LogP contribution in [0.2, 0.25) is 0 Å². The molecule has 0 atom stereocenters. The standard InChI is InChI=1S/C27H27N5O/c1-4-5-14-32-23-13-9-7-10-19(23)21-15-18(29-24(17(2)3)26(21)32)16-28-31-25-20-11-6-8-12-22(20)30-27(25)33/h6-13,15-17H,4-5,14H2,1-3H3,(H,30,31,33)/b28-16+. The summed E-state index contributed by atoms with van der Waals surface area (Å²) in [6.45, 7) is 7.54. The molecule has 5 rings (SSSR count). The summed E-state index contributed by atoms with van der Waals surface area (Å²) < 4.78 is 2.42. The molecule has 6 nitrogen and oxygen atoms in total. The Balaban J connectivity index is 1.60. The minimum Gasteiger partial charge on any atom is -0.339 e. The van der Waals surface area contributed by atoms with Crippen LogP contribution in [-0.4, -0.2) is 21.7 Å². The van der Waals surface area contributed by atoms with Crippen molar-refractivity contribution in [2.75, 3.05) is 0 Å². The second-order valence-electron chi connectivity index (χ2n) is 8.68. The average molecular weight is 438 g/mol. The maximum Gasteiger partial charge on any atom is 0.296 e. The number of aromatic nitrogens is 2. The third kappa shape index (κ3) is 3.71. The number of para-hydroxylation sites is 2. The van der Waals surface area contributed by atoms with Gasteiger partial charge in [-0.1, -0.05) is 63.6 Å². The molecule has 6 heteroatoms. The Labute approximate surface area is 192 Å². The van der Waals surface area contributed by atoms with Gasteiger partial charge in [-0.3, -0.25) is 10.2 Å². The maximum absolute atomic E-state index is 12.3. The predicted octanol–water partition coefficient (Wildman–Crippen LogP) is 4.00. The van der Waals surface area contributed by atoms with Crippen molar-refractivity contribution in [1.29, 1.82) is 0 Å². The van der Waals surface area contributed by atoms with Crippen molar-refractivity contribution in [2.24, 2.45) is 10.1 Å². The summed E-state index contributed by atoms with van der Waals surface area (Å²) in [5.41, 5.74) is 7.56. The molecule has 0 saturated heterocycles. The number of hydrogen-bond donors (Lipinski definition) is 1. The topological polar surface area (TPSA) is 71.6 Å². The average Bonchev–Trinajstić information content (AvgIpc) is 3.31. The van der Waals surface area contributed by atoms with Crippen LogP contribution < -0.4 is 16.0 Å². The van der Waals surface area contributed by atoms with Crippen molar-refractivity contribution < 1.29 is 4.79 Å². The Kier molecular flexibility index (Phi) is 5.50. The van der Waals surface area contributed by atoms with Crippen LogP contribution in [0, 0.1) is 0 Å². The van der Waals surface area contributed by atoms with Crippen LogP contribution in [0.3, 0.4) is 0 Å². The number of nitrogens with one attached hydrogen (secondary N) is 1. The van der Waals surface area contributed by atoms with Gasteiger partial charge in [0.25, 0.3) is 5.91 Å². The van der Waals surface area contributed by atoms with Gasteiger partial charge in [-0.25, -0.2) is 9.98 Å². The lowest BCUT2D eigenvalue weighted by Gasteiger charge is -2.13. The molecule has 3 heterocycles. The zero-order valence-corrected chi connectivity index (χ0v) is 19.2. The van der Waals surface area contributed by atoms with Crippen LogP contribution in [0.15, 0.2) is 64.7 Å². The summed E-state index contributed by atoms with van der Waals surface area (Å²) in [5, 5.41) is 8.20. The van der Waals surface area contributed by atoms with E-state index < -0.39 is 0 Å². The van der Waals surface area contributed by atoms with E-state index in [0.717, 1.165) is 36.0 Å². The van der Waals surface area contributed by atoms with E-state index in [2.05, 4.69) is 71.2 Å². The molecule has 0 bridgehead atoms. The highest BCUT2D eigenvalue weighted by Crippen LogP contribution is 2.34. The number of aryl methyl sites for hydroxylation is 1. The molecule has 1 aliphatic heterocycles. The molecule has 0 unspecified atom stereocenters. The van der Waals surface area contributed by atoms with Crippen LogP contribution in [0.1, 0.15) is 50.9 Å². The molecule has 1 aliphatic rings. The Bertz CT molecular complexity index is 1530. The monoisotopic (exact) mass is 437 g/mol. The van der Waals surface area contributed by atoms with E-state index in [0.29, 0.717) is 11.1 Å². The molecular weight excluding hydrogens is 410 g/mol. The fourth-order valence-electron chi connectivity index (χ4n) is 4.48. The number of fused-ring (bicyclic) bond motifs is 4. The van der Waals surface area contributed by atoms with Crippen molar-refractivity contribution >= 4 is 39.6 Å². The lowest BCUT2D eigenvalue weighted by Crippen LogP contribution is -2.26. The van der Waals surface area contributed by atoms with E-state index in [9.17, 15) is 4.79 Å². The van der Waals surface area contributed by atoms with Crippen molar-refractivity contribution in [2.45, 2.75) is 46.1 Å². The summed E-state index contributed by atoms with van der Waals surface area (Å²) in [7, 11) is 0. The minimum absolute atomic E-state index is 0.259. The summed E-state index contributed by atoms with van der Waals surface area (Å²) in [6, 6.07) is 18.1. The number of hydrogen-bond acceptors (Lipinski definition) is 4. The first kappa shape index (κ1) is 21.1. The van der Waals surface area contributed by atoms with Gasteiger partial charge in [0, 0.05) is 28.1 Å². The van der Waals surface area contributed by atoms with Crippen molar-refractivity contribution in [3.05, 3.63) is 76.6 Å². The summed E-state index contributed by atoms with van der Waals surface area (Å²) in [6.07, 6.45) is 3.95. The second-order valence-corrected chi connectivity index (χ2v) is 8.68. The highest BCUT2D eigenvalue weighted by atomic mass is 16.1. The summed E-state index contributed by atoms with van der Waals surface area (Å²) >= 11 is 0. The van der Waals surface area contributed by atoms with Crippen molar-refractivity contribution in [1.82, 2.24) is 15.0 Å². The second kappa shape index (κ2) is 8.62. The predicted molar refractivity (Wildman–Crippen MR) is 133 cm³/mol. The van der Waals surface area contributed by atoms with Crippen LogP contribution in [0.5, 0.6) is 0 Å². The van der Waals surface area contributed by atoms with Gasteiger partial charge in [0.05, 0.1) is 28.5 Å². The van der Waals surface area contributed by atoms with Gasteiger partial charge in [-0.15, -0.1) is 0 Å².